The van der Waals surface area contributed by atoms with Crippen LogP contribution in [-0.2, 0) is 13.1 Å². The van der Waals surface area contributed by atoms with Crippen LogP contribution in [0.1, 0.15) is 21.9 Å². The third-order valence-electron chi connectivity index (χ3n) is 5.90. The fourth-order valence-corrected chi connectivity index (χ4v) is 4.35. The van der Waals surface area contributed by atoms with Crippen molar-refractivity contribution in [3.05, 3.63) is 78.3 Å². The number of H-pyrrole nitrogens is 1. The molecule has 4 aromatic heterocycles. The Labute approximate surface area is 178 Å². The number of nitrogens with zero attached hydrogens (tertiary/aromatic N) is 5. The molecule has 1 amide bonds. The number of nitrogens with one attached hydrogen (secondary N) is 1. The number of rotatable bonds is 2. The number of hydrogen-bond acceptors (Lipinski definition) is 4. The second-order valence-electron chi connectivity index (χ2n) is 7.95. The van der Waals surface area contributed by atoms with Crippen LogP contribution >= 0.6 is 0 Å². The van der Waals surface area contributed by atoms with Crippen molar-refractivity contribution < 1.29 is 4.79 Å². The van der Waals surface area contributed by atoms with Crippen molar-refractivity contribution in [3.8, 4) is 11.1 Å². The molecule has 0 unspecified atom stereocenters. The molecule has 152 valence electrons. The van der Waals surface area contributed by atoms with Crippen LogP contribution in [0.2, 0.25) is 0 Å². The van der Waals surface area contributed by atoms with Crippen LogP contribution in [0.4, 0.5) is 0 Å². The van der Waals surface area contributed by atoms with Crippen molar-refractivity contribution in [2.45, 2.75) is 20.0 Å². The highest BCUT2D eigenvalue weighted by molar-refractivity contribution is 6.01. The highest BCUT2D eigenvalue weighted by Gasteiger charge is 2.24. The number of aromatic amines is 1. The Morgan fingerprint density at radius 3 is 3.00 bits per heavy atom. The first kappa shape index (κ1) is 17.8. The summed E-state index contributed by atoms with van der Waals surface area (Å²) in [5, 5.41) is 2.01. The maximum Gasteiger partial charge on any atom is 0.255 e. The summed E-state index contributed by atoms with van der Waals surface area (Å²) in [6.45, 7) is 3.92. The van der Waals surface area contributed by atoms with Gasteiger partial charge < -0.3 is 14.5 Å². The van der Waals surface area contributed by atoms with E-state index in [4.69, 9.17) is 0 Å². The summed E-state index contributed by atoms with van der Waals surface area (Å²) in [4.78, 5) is 31.8. The first-order chi connectivity index (χ1) is 15.2. The number of carbonyl (C=O) groups is 1. The van der Waals surface area contributed by atoms with Crippen molar-refractivity contribution in [1.29, 1.82) is 0 Å². The number of fused-ring (bicyclic) bond motifs is 3. The molecular formula is C24H20N6O. The van der Waals surface area contributed by atoms with Gasteiger partial charge in [-0.3, -0.25) is 9.78 Å². The lowest BCUT2D eigenvalue weighted by Gasteiger charge is -2.27. The number of benzene rings is 1. The third-order valence-corrected chi connectivity index (χ3v) is 5.90. The summed E-state index contributed by atoms with van der Waals surface area (Å²) in [7, 11) is 0. The maximum absolute atomic E-state index is 13.2. The quantitative estimate of drug-likeness (QED) is 0.480. The Morgan fingerprint density at radius 1 is 1.13 bits per heavy atom. The molecule has 1 N–H and O–H groups in total. The predicted octanol–water partition coefficient (Wildman–Crippen LogP) is 3.94. The van der Waals surface area contributed by atoms with Gasteiger partial charge in [0.25, 0.3) is 5.91 Å². The van der Waals surface area contributed by atoms with E-state index in [9.17, 15) is 4.79 Å². The second-order valence-corrected chi connectivity index (χ2v) is 7.95. The molecule has 5 heterocycles. The number of amides is 1. The zero-order chi connectivity index (χ0) is 20.9. The van der Waals surface area contributed by atoms with Gasteiger partial charge in [-0.1, -0.05) is 12.1 Å². The van der Waals surface area contributed by atoms with E-state index in [2.05, 4.69) is 42.7 Å². The van der Waals surface area contributed by atoms with E-state index in [0.717, 1.165) is 51.1 Å². The molecule has 1 aromatic carbocycles. The summed E-state index contributed by atoms with van der Waals surface area (Å²) in [5.74, 6) is 0.911. The van der Waals surface area contributed by atoms with E-state index in [1.165, 1.54) is 0 Å². The molecule has 0 radical (unpaired) electrons. The summed E-state index contributed by atoms with van der Waals surface area (Å²) in [6.07, 6.45) is 7.44. The molecule has 0 bridgehead atoms. The molecule has 6 rings (SSSR count). The summed E-state index contributed by atoms with van der Waals surface area (Å²) in [5.41, 5.74) is 5.38. The smallest absolute Gasteiger partial charge is 0.255 e. The van der Waals surface area contributed by atoms with Crippen molar-refractivity contribution >= 4 is 27.8 Å². The van der Waals surface area contributed by atoms with E-state index in [1.807, 2.05) is 42.4 Å². The maximum atomic E-state index is 13.2. The predicted molar refractivity (Wildman–Crippen MR) is 119 cm³/mol. The molecule has 0 fully saturated rings. The molecule has 0 atom stereocenters. The molecule has 1 aliphatic heterocycles. The van der Waals surface area contributed by atoms with Crippen LogP contribution in [0.5, 0.6) is 0 Å². The topological polar surface area (TPSA) is 79.7 Å². The van der Waals surface area contributed by atoms with Crippen molar-refractivity contribution in [3.63, 3.8) is 0 Å². The van der Waals surface area contributed by atoms with Gasteiger partial charge in [-0.15, -0.1) is 0 Å². The van der Waals surface area contributed by atoms with Crippen LogP contribution in [0.25, 0.3) is 33.1 Å². The SMILES string of the molecule is Cc1cn2c(n1)CN(C(=O)c1cnc3[nH]cc(-c4ccc5ncccc5c4)c3c1)CC2. The monoisotopic (exact) mass is 408 g/mol. The Bertz CT molecular complexity index is 1460. The number of hydrogen-bond donors (Lipinski definition) is 1. The molecule has 0 saturated heterocycles. The molecule has 0 spiro atoms. The minimum absolute atomic E-state index is 0.0174. The average Bonchev–Trinajstić information content (AvgIpc) is 3.39. The van der Waals surface area contributed by atoms with Gasteiger partial charge in [0.1, 0.15) is 11.5 Å². The number of aryl methyl sites for hydroxylation is 1. The summed E-state index contributed by atoms with van der Waals surface area (Å²) < 4.78 is 2.12. The number of carbonyl (C=O) groups excluding carboxylic acids is 1. The Kier molecular flexibility index (Phi) is 3.89. The zero-order valence-corrected chi connectivity index (χ0v) is 17.0. The minimum atomic E-state index is -0.0174. The molecule has 0 saturated carbocycles. The number of aromatic nitrogens is 5. The van der Waals surface area contributed by atoms with Crippen molar-refractivity contribution in [2.75, 3.05) is 6.54 Å². The van der Waals surface area contributed by atoms with Crippen molar-refractivity contribution in [1.82, 2.24) is 29.4 Å². The van der Waals surface area contributed by atoms with Gasteiger partial charge in [0.05, 0.1) is 23.3 Å². The highest BCUT2D eigenvalue weighted by atomic mass is 16.2. The summed E-state index contributed by atoms with van der Waals surface area (Å²) in [6, 6.07) is 12.1. The molecular weight excluding hydrogens is 388 g/mol. The van der Waals surface area contributed by atoms with Crippen LogP contribution in [0.3, 0.4) is 0 Å². The van der Waals surface area contributed by atoms with Gasteiger partial charge in [-0.05, 0) is 36.8 Å². The standard InChI is InChI=1S/C24H20N6O/c1-15-13-29-7-8-30(14-22(29)28-15)24(31)18-10-19-20(12-27-23(19)26-11-18)16-4-5-21-17(9-16)3-2-6-25-21/h2-6,9-13H,7-8,14H2,1H3,(H,26,27). The van der Waals surface area contributed by atoms with E-state index < -0.39 is 0 Å². The third kappa shape index (κ3) is 2.97. The van der Waals surface area contributed by atoms with Gasteiger partial charge in [-0.2, -0.15) is 0 Å². The van der Waals surface area contributed by atoms with Crippen molar-refractivity contribution in [2.24, 2.45) is 0 Å². The van der Waals surface area contributed by atoms with Crippen LogP contribution in [0, 0.1) is 6.92 Å². The largest absolute Gasteiger partial charge is 0.346 e. The number of pyridine rings is 2. The Hall–Kier alpha value is -4.00. The zero-order valence-electron chi connectivity index (χ0n) is 17.0. The summed E-state index contributed by atoms with van der Waals surface area (Å²) >= 11 is 0. The first-order valence-electron chi connectivity index (χ1n) is 10.3. The molecule has 0 aliphatic carbocycles. The molecule has 31 heavy (non-hydrogen) atoms. The lowest BCUT2D eigenvalue weighted by Crippen LogP contribution is -2.38. The molecule has 5 aromatic rings. The normalized spacial score (nSPS) is 13.6. The lowest BCUT2D eigenvalue weighted by atomic mass is 10.0. The fourth-order valence-electron chi connectivity index (χ4n) is 4.35. The highest BCUT2D eigenvalue weighted by Crippen LogP contribution is 2.30. The van der Waals surface area contributed by atoms with Gasteiger partial charge in [-0.25, -0.2) is 9.97 Å². The van der Waals surface area contributed by atoms with Crippen LogP contribution < -0.4 is 0 Å². The second kappa shape index (κ2) is 6.77. The van der Waals surface area contributed by atoms with Gasteiger partial charge in [0.15, 0.2) is 0 Å². The Balaban J connectivity index is 1.37. The molecule has 7 heteroatoms. The van der Waals surface area contributed by atoms with E-state index in [0.29, 0.717) is 18.7 Å². The Morgan fingerprint density at radius 2 is 2.06 bits per heavy atom. The first-order valence-corrected chi connectivity index (χ1v) is 10.3. The van der Waals surface area contributed by atoms with Gasteiger partial charge >= 0.3 is 0 Å². The fraction of sp³-hybridized carbons (Fsp3) is 0.167. The lowest BCUT2D eigenvalue weighted by molar-refractivity contribution is 0.0707. The van der Waals surface area contributed by atoms with E-state index >= 15 is 0 Å². The average molecular weight is 408 g/mol. The molecule has 1 aliphatic rings. The van der Waals surface area contributed by atoms with Gasteiger partial charge in [0.2, 0.25) is 0 Å². The van der Waals surface area contributed by atoms with E-state index in [-0.39, 0.29) is 5.91 Å². The minimum Gasteiger partial charge on any atom is -0.346 e. The number of imidazole rings is 1. The van der Waals surface area contributed by atoms with Crippen LogP contribution in [0.15, 0.2) is 61.2 Å². The van der Waals surface area contributed by atoms with Crippen LogP contribution in [-0.4, -0.2) is 41.9 Å². The molecule has 7 nitrogen and oxygen atoms in total. The van der Waals surface area contributed by atoms with E-state index in [1.54, 1.807) is 12.4 Å². The van der Waals surface area contributed by atoms with Gasteiger partial charge in [0, 0.05) is 54.2 Å².